The predicted molar refractivity (Wildman–Crippen MR) is 71.5 cm³/mol. The minimum absolute atomic E-state index is 0.125. The molecule has 0 saturated carbocycles. The number of hydrogen-bond acceptors (Lipinski definition) is 1. The lowest BCUT2D eigenvalue weighted by atomic mass is 10.2. The number of aryl methyl sites for hydroxylation is 1. The second kappa shape index (κ2) is 6.28. The molecular weight excluding hydrogens is 266 g/mol. The molecule has 1 aromatic carbocycles. The quantitative estimate of drug-likeness (QED) is 0.661. The van der Waals surface area contributed by atoms with Crippen molar-refractivity contribution in [2.24, 2.45) is 0 Å². The van der Waals surface area contributed by atoms with Gasteiger partial charge in [-0.3, -0.25) is 4.79 Å². The van der Waals surface area contributed by atoms with Gasteiger partial charge in [-0.25, -0.2) is 0 Å². The molecule has 0 heterocycles. The summed E-state index contributed by atoms with van der Waals surface area (Å²) in [6, 6.07) is 5.70. The Kier molecular flexibility index (Phi) is 4.99. The van der Waals surface area contributed by atoms with E-state index in [9.17, 15) is 4.79 Å². The molecule has 0 spiro atoms. The molecular formula is C13H14BrNO. The minimum atomic E-state index is -0.125. The molecule has 1 rings (SSSR count). The first-order valence-electron chi connectivity index (χ1n) is 5.00. The number of amides is 1. The Hall–Kier alpha value is -1.35. The molecule has 3 heteroatoms. The van der Waals surface area contributed by atoms with E-state index in [4.69, 9.17) is 0 Å². The molecule has 0 bridgehead atoms. The number of allylic oxidation sites excluding steroid dienone is 3. The first-order valence-corrected chi connectivity index (χ1v) is 5.79. The standard InChI is InChI=1S/C13H14BrNO/c1-3-4-5-6-13(16)15-11-7-8-12(14)10(2)9-11/h3-9H,1-2H3,(H,15,16)/b4-3+,6-5+. The van der Waals surface area contributed by atoms with Gasteiger partial charge < -0.3 is 5.32 Å². The topological polar surface area (TPSA) is 29.1 Å². The number of nitrogens with one attached hydrogen (secondary N) is 1. The van der Waals surface area contributed by atoms with Gasteiger partial charge in [0.1, 0.15) is 0 Å². The lowest BCUT2D eigenvalue weighted by Gasteiger charge is -2.04. The highest BCUT2D eigenvalue weighted by Crippen LogP contribution is 2.19. The highest BCUT2D eigenvalue weighted by Gasteiger charge is 1.99. The van der Waals surface area contributed by atoms with Crippen molar-refractivity contribution in [2.75, 3.05) is 5.32 Å². The third-order valence-corrected chi connectivity index (χ3v) is 2.87. The molecule has 0 radical (unpaired) electrons. The maximum atomic E-state index is 11.4. The summed E-state index contributed by atoms with van der Waals surface area (Å²) in [5.41, 5.74) is 1.89. The zero-order chi connectivity index (χ0) is 12.0. The van der Waals surface area contributed by atoms with Gasteiger partial charge >= 0.3 is 0 Å². The SMILES string of the molecule is C/C=C/C=C/C(=O)Nc1ccc(Br)c(C)c1. The number of carbonyl (C=O) groups excluding carboxylic acids is 1. The van der Waals surface area contributed by atoms with E-state index >= 15 is 0 Å². The van der Waals surface area contributed by atoms with Crippen molar-refractivity contribution in [1.29, 1.82) is 0 Å². The highest BCUT2D eigenvalue weighted by molar-refractivity contribution is 9.10. The van der Waals surface area contributed by atoms with Gasteiger partial charge in [-0.05, 0) is 37.6 Å². The van der Waals surface area contributed by atoms with E-state index in [1.54, 1.807) is 6.08 Å². The summed E-state index contributed by atoms with van der Waals surface area (Å²) in [7, 11) is 0. The van der Waals surface area contributed by atoms with Gasteiger partial charge in [-0.15, -0.1) is 0 Å². The second-order valence-electron chi connectivity index (χ2n) is 3.34. The van der Waals surface area contributed by atoms with Crippen LogP contribution in [0.1, 0.15) is 12.5 Å². The molecule has 0 saturated heterocycles. The van der Waals surface area contributed by atoms with E-state index < -0.39 is 0 Å². The van der Waals surface area contributed by atoms with Crippen LogP contribution >= 0.6 is 15.9 Å². The van der Waals surface area contributed by atoms with Crippen LogP contribution in [0.2, 0.25) is 0 Å². The molecule has 84 valence electrons. The van der Waals surface area contributed by atoms with Crippen molar-refractivity contribution in [1.82, 2.24) is 0 Å². The van der Waals surface area contributed by atoms with E-state index in [1.165, 1.54) is 6.08 Å². The smallest absolute Gasteiger partial charge is 0.248 e. The fraction of sp³-hybridized carbons (Fsp3) is 0.154. The summed E-state index contributed by atoms with van der Waals surface area (Å²) in [4.78, 5) is 11.4. The normalized spacial score (nSPS) is 11.2. The van der Waals surface area contributed by atoms with Crippen molar-refractivity contribution >= 4 is 27.5 Å². The Bertz CT molecular complexity index is 436. The molecule has 0 aromatic heterocycles. The molecule has 1 aromatic rings. The Balaban J connectivity index is 2.66. The van der Waals surface area contributed by atoms with Crippen LogP contribution in [0.4, 0.5) is 5.69 Å². The number of benzene rings is 1. The zero-order valence-electron chi connectivity index (χ0n) is 9.33. The van der Waals surface area contributed by atoms with Gasteiger partial charge in [-0.2, -0.15) is 0 Å². The largest absolute Gasteiger partial charge is 0.323 e. The maximum absolute atomic E-state index is 11.4. The first kappa shape index (κ1) is 12.7. The summed E-state index contributed by atoms with van der Waals surface area (Å²) in [5, 5.41) is 2.79. The monoisotopic (exact) mass is 279 g/mol. The van der Waals surface area contributed by atoms with Crippen LogP contribution in [0, 0.1) is 6.92 Å². The van der Waals surface area contributed by atoms with Crippen LogP contribution in [0.5, 0.6) is 0 Å². The van der Waals surface area contributed by atoms with Gasteiger partial charge in [0.2, 0.25) is 5.91 Å². The van der Waals surface area contributed by atoms with Crippen molar-refractivity contribution in [2.45, 2.75) is 13.8 Å². The molecule has 0 aliphatic carbocycles. The van der Waals surface area contributed by atoms with Gasteiger partial charge in [0.05, 0.1) is 0 Å². The molecule has 0 aliphatic rings. The third-order valence-electron chi connectivity index (χ3n) is 1.98. The van der Waals surface area contributed by atoms with Crippen LogP contribution in [-0.2, 0) is 4.79 Å². The molecule has 0 aliphatic heterocycles. The van der Waals surface area contributed by atoms with E-state index in [0.29, 0.717) is 0 Å². The molecule has 0 unspecified atom stereocenters. The number of rotatable bonds is 3. The third kappa shape index (κ3) is 4.03. The Morgan fingerprint density at radius 2 is 2.12 bits per heavy atom. The van der Waals surface area contributed by atoms with Crippen molar-refractivity contribution in [3.63, 3.8) is 0 Å². The van der Waals surface area contributed by atoms with Crippen LogP contribution < -0.4 is 5.32 Å². The van der Waals surface area contributed by atoms with Crippen molar-refractivity contribution in [3.05, 3.63) is 52.5 Å². The summed E-state index contributed by atoms with van der Waals surface area (Å²) >= 11 is 3.41. The van der Waals surface area contributed by atoms with Crippen LogP contribution in [0.15, 0.2) is 47.0 Å². The van der Waals surface area contributed by atoms with Gasteiger partial charge in [0, 0.05) is 16.2 Å². The first-order chi connectivity index (χ1) is 7.63. The molecule has 16 heavy (non-hydrogen) atoms. The second-order valence-corrected chi connectivity index (χ2v) is 4.19. The van der Waals surface area contributed by atoms with Gasteiger partial charge in [-0.1, -0.05) is 34.2 Å². The maximum Gasteiger partial charge on any atom is 0.248 e. The Morgan fingerprint density at radius 1 is 1.38 bits per heavy atom. The summed E-state index contributed by atoms with van der Waals surface area (Å²) in [5.74, 6) is -0.125. The van der Waals surface area contributed by atoms with Crippen LogP contribution in [-0.4, -0.2) is 5.91 Å². The number of hydrogen-bond donors (Lipinski definition) is 1. The summed E-state index contributed by atoms with van der Waals surface area (Å²) < 4.78 is 1.04. The number of carbonyl (C=O) groups is 1. The summed E-state index contributed by atoms with van der Waals surface area (Å²) in [6.07, 6.45) is 6.89. The van der Waals surface area contributed by atoms with Gasteiger partial charge in [0.25, 0.3) is 0 Å². The number of anilines is 1. The highest BCUT2D eigenvalue weighted by atomic mass is 79.9. The molecule has 1 N–H and O–H groups in total. The number of halogens is 1. The fourth-order valence-corrected chi connectivity index (χ4v) is 1.41. The molecule has 1 amide bonds. The zero-order valence-corrected chi connectivity index (χ0v) is 10.9. The molecule has 0 atom stereocenters. The molecule has 0 fully saturated rings. The minimum Gasteiger partial charge on any atom is -0.323 e. The van der Waals surface area contributed by atoms with Crippen molar-refractivity contribution < 1.29 is 4.79 Å². The summed E-state index contributed by atoms with van der Waals surface area (Å²) in [6.45, 7) is 3.88. The Morgan fingerprint density at radius 3 is 2.75 bits per heavy atom. The van der Waals surface area contributed by atoms with E-state index in [0.717, 1.165) is 15.7 Å². The average Bonchev–Trinajstić information content (AvgIpc) is 2.24. The van der Waals surface area contributed by atoms with Crippen molar-refractivity contribution in [3.8, 4) is 0 Å². The lowest BCUT2D eigenvalue weighted by Crippen LogP contribution is -2.07. The fourth-order valence-electron chi connectivity index (χ4n) is 1.16. The van der Waals surface area contributed by atoms with Gasteiger partial charge in [0.15, 0.2) is 0 Å². The van der Waals surface area contributed by atoms with Crippen LogP contribution in [0.3, 0.4) is 0 Å². The lowest BCUT2D eigenvalue weighted by molar-refractivity contribution is -0.111. The Labute approximate surface area is 104 Å². The predicted octanol–water partition coefficient (Wildman–Crippen LogP) is 3.83. The molecule has 2 nitrogen and oxygen atoms in total. The average molecular weight is 280 g/mol. The van der Waals surface area contributed by atoms with Crippen LogP contribution in [0.25, 0.3) is 0 Å². The van der Waals surface area contributed by atoms with E-state index in [2.05, 4.69) is 21.2 Å². The van der Waals surface area contributed by atoms with E-state index in [-0.39, 0.29) is 5.91 Å². The van der Waals surface area contributed by atoms with E-state index in [1.807, 2.05) is 44.2 Å².